The van der Waals surface area contributed by atoms with Gasteiger partial charge in [0.1, 0.15) is 17.4 Å². The monoisotopic (exact) mass is 553 g/mol. The summed E-state index contributed by atoms with van der Waals surface area (Å²) in [6, 6.07) is 14.9. The molecule has 0 spiro atoms. The SMILES string of the molecule is CC(C)(C)C1CC(NC(=O)c2cc3cc(OC4CCN(Cc5ccc(Cl)cc5)CC4)ccc3o2)CN1C(=O)O. The Labute approximate surface area is 233 Å². The first kappa shape index (κ1) is 27.3. The average molecular weight is 554 g/mol. The van der Waals surface area contributed by atoms with Crippen LogP contribution < -0.4 is 10.1 Å². The molecule has 2 aromatic carbocycles. The number of nitrogens with one attached hydrogen (secondary N) is 1. The topological polar surface area (TPSA) is 95.3 Å². The lowest BCUT2D eigenvalue weighted by molar-refractivity contribution is 0.0909. The third-order valence-corrected chi connectivity index (χ3v) is 8.00. The number of hydrogen-bond donors (Lipinski definition) is 2. The minimum atomic E-state index is -0.963. The van der Waals surface area contributed by atoms with Crippen LogP contribution >= 0.6 is 11.6 Å². The van der Waals surface area contributed by atoms with Gasteiger partial charge in [0.2, 0.25) is 0 Å². The van der Waals surface area contributed by atoms with E-state index in [9.17, 15) is 14.7 Å². The van der Waals surface area contributed by atoms with Crippen molar-refractivity contribution in [1.82, 2.24) is 15.1 Å². The quantitative estimate of drug-likeness (QED) is 0.387. The molecule has 2 fully saturated rings. The molecule has 8 nitrogen and oxygen atoms in total. The zero-order valence-corrected chi connectivity index (χ0v) is 23.4. The molecule has 1 aromatic heterocycles. The Kier molecular flexibility index (Phi) is 7.78. The van der Waals surface area contributed by atoms with Gasteiger partial charge >= 0.3 is 6.09 Å². The molecule has 0 radical (unpaired) electrons. The fraction of sp³-hybridized carbons (Fsp3) is 0.467. The highest BCUT2D eigenvalue weighted by Crippen LogP contribution is 2.33. The summed E-state index contributed by atoms with van der Waals surface area (Å²) in [5.74, 6) is 0.623. The summed E-state index contributed by atoms with van der Waals surface area (Å²) < 4.78 is 12.1. The van der Waals surface area contributed by atoms with Gasteiger partial charge in [-0.3, -0.25) is 9.69 Å². The highest BCUT2D eigenvalue weighted by molar-refractivity contribution is 6.30. The van der Waals surface area contributed by atoms with Crippen LogP contribution in [0.15, 0.2) is 52.9 Å². The number of carbonyl (C=O) groups excluding carboxylic acids is 1. The largest absolute Gasteiger partial charge is 0.490 e. The van der Waals surface area contributed by atoms with Crippen LogP contribution in [0, 0.1) is 5.41 Å². The smallest absolute Gasteiger partial charge is 0.407 e. The third-order valence-electron chi connectivity index (χ3n) is 7.75. The second kappa shape index (κ2) is 11.1. The minimum Gasteiger partial charge on any atom is -0.490 e. The van der Waals surface area contributed by atoms with E-state index in [4.69, 9.17) is 20.8 Å². The highest BCUT2D eigenvalue weighted by Gasteiger charge is 2.42. The average Bonchev–Trinajstić information content (AvgIpc) is 3.51. The molecule has 2 atom stereocenters. The maximum Gasteiger partial charge on any atom is 0.407 e. The number of amides is 2. The maximum atomic E-state index is 13.0. The van der Waals surface area contributed by atoms with Gasteiger partial charge in [0.05, 0.1) is 0 Å². The fourth-order valence-corrected chi connectivity index (χ4v) is 5.79. The van der Waals surface area contributed by atoms with Gasteiger partial charge in [-0.2, -0.15) is 0 Å². The zero-order chi connectivity index (χ0) is 27.7. The van der Waals surface area contributed by atoms with Crippen molar-refractivity contribution in [2.75, 3.05) is 19.6 Å². The van der Waals surface area contributed by atoms with E-state index in [1.165, 1.54) is 10.5 Å². The molecule has 2 aliphatic rings. The van der Waals surface area contributed by atoms with Crippen molar-refractivity contribution < 1.29 is 23.8 Å². The molecule has 3 aromatic rings. The van der Waals surface area contributed by atoms with Crippen LogP contribution in [0.2, 0.25) is 5.02 Å². The van der Waals surface area contributed by atoms with E-state index in [-0.39, 0.29) is 41.8 Å². The van der Waals surface area contributed by atoms with Crippen molar-refractivity contribution in [2.45, 2.75) is 64.8 Å². The number of carbonyl (C=O) groups is 2. The van der Waals surface area contributed by atoms with E-state index in [0.29, 0.717) is 12.0 Å². The van der Waals surface area contributed by atoms with E-state index >= 15 is 0 Å². The Balaban J connectivity index is 1.16. The van der Waals surface area contributed by atoms with Crippen molar-refractivity contribution in [3.05, 3.63) is 64.9 Å². The Morgan fingerprint density at radius 2 is 1.82 bits per heavy atom. The molecule has 2 unspecified atom stereocenters. The Bertz CT molecular complexity index is 1320. The summed E-state index contributed by atoms with van der Waals surface area (Å²) in [6.07, 6.45) is 1.62. The first-order chi connectivity index (χ1) is 18.5. The van der Waals surface area contributed by atoms with Gasteiger partial charge in [-0.15, -0.1) is 0 Å². The lowest BCUT2D eigenvalue weighted by atomic mass is 9.85. The van der Waals surface area contributed by atoms with Crippen LogP contribution in [0.5, 0.6) is 5.75 Å². The fourth-order valence-electron chi connectivity index (χ4n) is 5.66. The molecular weight excluding hydrogens is 518 g/mol. The predicted molar refractivity (Wildman–Crippen MR) is 150 cm³/mol. The van der Waals surface area contributed by atoms with Crippen molar-refractivity contribution in [1.29, 1.82) is 0 Å². The second-order valence-electron chi connectivity index (χ2n) is 11.8. The lowest BCUT2D eigenvalue weighted by Gasteiger charge is -2.32. The van der Waals surface area contributed by atoms with Crippen molar-refractivity contribution >= 4 is 34.6 Å². The molecule has 2 saturated heterocycles. The standard InChI is InChI=1S/C30H36ClN3O5/c1-30(2,3)27-16-22(18-34(27)29(36)37)32-28(35)26-15-20-14-24(8-9-25(20)39-26)38-23-10-12-33(13-11-23)17-19-4-6-21(31)7-5-19/h4-9,14-15,22-23,27H,10-13,16-18H2,1-3H3,(H,32,35)(H,36,37). The molecule has 2 amide bonds. The molecule has 9 heteroatoms. The Morgan fingerprint density at radius 1 is 1.10 bits per heavy atom. The summed E-state index contributed by atoms with van der Waals surface area (Å²) in [7, 11) is 0. The molecule has 3 heterocycles. The zero-order valence-electron chi connectivity index (χ0n) is 22.7. The summed E-state index contributed by atoms with van der Waals surface area (Å²) in [6.45, 7) is 9.13. The molecular formula is C30H36ClN3O5. The van der Waals surface area contributed by atoms with Gasteiger partial charge in [0.15, 0.2) is 5.76 Å². The second-order valence-corrected chi connectivity index (χ2v) is 12.2. The number of rotatable bonds is 6. The van der Waals surface area contributed by atoms with Gasteiger partial charge in [-0.25, -0.2) is 4.79 Å². The van der Waals surface area contributed by atoms with E-state index in [1.54, 1.807) is 6.07 Å². The minimum absolute atomic E-state index is 0.133. The normalized spacial score (nSPS) is 20.9. The van der Waals surface area contributed by atoms with E-state index in [0.717, 1.165) is 48.6 Å². The van der Waals surface area contributed by atoms with Gasteiger partial charge < -0.3 is 24.5 Å². The number of benzene rings is 2. The summed E-state index contributed by atoms with van der Waals surface area (Å²) >= 11 is 6.00. The molecule has 0 saturated carbocycles. The van der Waals surface area contributed by atoms with Crippen LogP contribution in [-0.2, 0) is 6.54 Å². The first-order valence-corrected chi connectivity index (χ1v) is 13.9. The maximum absolute atomic E-state index is 13.0. The van der Waals surface area contributed by atoms with Crippen LogP contribution in [0.3, 0.4) is 0 Å². The number of likely N-dealkylation sites (tertiary alicyclic amines) is 2. The summed E-state index contributed by atoms with van der Waals surface area (Å²) in [5, 5.41) is 14.1. The van der Waals surface area contributed by atoms with Crippen LogP contribution in [0.25, 0.3) is 11.0 Å². The molecule has 2 N–H and O–H groups in total. The van der Waals surface area contributed by atoms with E-state index in [1.807, 2.05) is 51.1 Å². The highest BCUT2D eigenvalue weighted by atomic mass is 35.5. The van der Waals surface area contributed by atoms with Gasteiger partial charge in [-0.05, 0) is 66.6 Å². The molecule has 2 aliphatic heterocycles. The molecule has 0 bridgehead atoms. The van der Waals surface area contributed by atoms with Crippen molar-refractivity contribution in [3.8, 4) is 5.75 Å². The summed E-state index contributed by atoms with van der Waals surface area (Å²) in [4.78, 5) is 28.6. The number of hydrogen-bond acceptors (Lipinski definition) is 5. The Hall–Kier alpha value is -3.23. The number of furan rings is 1. The third kappa shape index (κ3) is 6.50. The number of ether oxygens (including phenoxy) is 1. The van der Waals surface area contributed by atoms with E-state index in [2.05, 4.69) is 22.3 Å². The number of carboxylic acid groups (broad SMARTS) is 1. The lowest BCUT2D eigenvalue weighted by Crippen LogP contribution is -2.42. The molecule has 208 valence electrons. The molecule has 0 aliphatic carbocycles. The van der Waals surface area contributed by atoms with E-state index < -0.39 is 6.09 Å². The number of fused-ring (bicyclic) bond motifs is 1. The van der Waals surface area contributed by atoms with Gasteiger partial charge in [-0.1, -0.05) is 44.5 Å². The van der Waals surface area contributed by atoms with Crippen molar-refractivity contribution in [3.63, 3.8) is 0 Å². The molecule has 39 heavy (non-hydrogen) atoms. The first-order valence-electron chi connectivity index (χ1n) is 13.5. The number of nitrogens with zero attached hydrogens (tertiary/aromatic N) is 2. The number of piperidine rings is 1. The Morgan fingerprint density at radius 3 is 2.46 bits per heavy atom. The van der Waals surface area contributed by atoms with Gasteiger partial charge in [0, 0.05) is 48.7 Å². The van der Waals surface area contributed by atoms with Crippen LogP contribution in [0.4, 0.5) is 4.79 Å². The predicted octanol–water partition coefficient (Wildman–Crippen LogP) is 6.03. The summed E-state index contributed by atoms with van der Waals surface area (Å²) in [5.41, 5.74) is 1.64. The van der Waals surface area contributed by atoms with Crippen molar-refractivity contribution in [2.24, 2.45) is 5.41 Å². The number of halogens is 1. The van der Waals surface area contributed by atoms with Crippen LogP contribution in [-0.4, -0.2) is 64.7 Å². The van der Waals surface area contributed by atoms with Gasteiger partial charge in [0.25, 0.3) is 5.91 Å². The van der Waals surface area contributed by atoms with Crippen LogP contribution in [0.1, 0.15) is 56.2 Å². The molecule has 5 rings (SSSR count).